The minimum absolute atomic E-state index is 0.0780. The molecule has 1 aromatic rings. The number of thiophene rings is 1. The molecule has 1 saturated heterocycles. The molecule has 0 aromatic carbocycles. The molecular weight excluding hydrogens is 246 g/mol. The molecule has 0 bridgehead atoms. The quantitative estimate of drug-likeness (QED) is 0.894. The Balaban J connectivity index is 2.27. The zero-order chi connectivity index (χ0) is 13.4. The first-order valence-electron chi connectivity index (χ1n) is 6.16. The number of aliphatic hydroxyl groups excluding tert-OH is 1. The summed E-state index contributed by atoms with van der Waals surface area (Å²) < 4.78 is 5.29. The van der Waals surface area contributed by atoms with Gasteiger partial charge in [0.15, 0.2) is 0 Å². The number of hydrogen-bond donors (Lipinski definition) is 1. The third kappa shape index (κ3) is 2.31. The molecule has 1 aromatic heterocycles. The summed E-state index contributed by atoms with van der Waals surface area (Å²) in [5, 5.41) is 19.8. The summed E-state index contributed by atoms with van der Waals surface area (Å²) in [4.78, 5) is 2.09. The van der Waals surface area contributed by atoms with Crippen LogP contribution in [-0.4, -0.2) is 18.3 Å². The summed E-state index contributed by atoms with van der Waals surface area (Å²) in [5.74, 6) is 0. The van der Waals surface area contributed by atoms with Gasteiger partial charge in [-0.2, -0.15) is 5.26 Å². The van der Waals surface area contributed by atoms with Gasteiger partial charge in [0.25, 0.3) is 0 Å². The summed E-state index contributed by atoms with van der Waals surface area (Å²) in [6, 6.07) is 6.24. The number of nitriles is 1. The number of nitrogens with zero attached hydrogens (tertiary/aromatic N) is 1. The van der Waals surface area contributed by atoms with Gasteiger partial charge in [0.05, 0.1) is 12.7 Å². The van der Waals surface area contributed by atoms with Crippen molar-refractivity contribution in [3.8, 4) is 6.07 Å². The Hall–Kier alpha value is -0.890. The maximum Gasteiger partial charge on any atom is 0.113 e. The van der Waals surface area contributed by atoms with E-state index < -0.39 is 11.5 Å². The normalized spacial score (nSPS) is 25.9. The second-order valence-electron chi connectivity index (χ2n) is 5.93. The fourth-order valence-corrected chi connectivity index (χ4v) is 3.29. The van der Waals surface area contributed by atoms with Crippen LogP contribution in [0.1, 0.15) is 43.1 Å². The molecule has 3 nitrogen and oxygen atoms in total. The molecule has 2 heterocycles. The van der Waals surface area contributed by atoms with Crippen molar-refractivity contribution < 1.29 is 9.84 Å². The second kappa shape index (κ2) is 4.65. The summed E-state index contributed by atoms with van der Waals surface area (Å²) in [6.45, 7) is 7.32. The Morgan fingerprint density at radius 1 is 1.50 bits per heavy atom. The fourth-order valence-electron chi connectivity index (χ4n) is 2.12. The highest BCUT2D eigenvalue weighted by atomic mass is 32.1. The largest absolute Gasteiger partial charge is 0.386 e. The van der Waals surface area contributed by atoms with Crippen molar-refractivity contribution >= 4 is 11.3 Å². The third-order valence-corrected chi connectivity index (χ3v) is 5.00. The Labute approximate surface area is 112 Å². The van der Waals surface area contributed by atoms with Crippen molar-refractivity contribution in [2.24, 2.45) is 5.41 Å². The van der Waals surface area contributed by atoms with Gasteiger partial charge in [-0.05, 0) is 24.0 Å². The van der Waals surface area contributed by atoms with Crippen LogP contribution in [0.15, 0.2) is 12.1 Å². The van der Waals surface area contributed by atoms with Crippen molar-refractivity contribution in [3.05, 3.63) is 21.9 Å². The molecule has 0 amide bonds. The highest BCUT2D eigenvalue weighted by Gasteiger charge is 2.43. The average Bonchev–Trinajstić information content (AvgIpc) is 2.97. The highest BCUT2D eigenvalue weighted by Crippen LogP contribution is 2.43. The van der Waals surface area contributed by atoms with Gasteiger partial charge in [-0.3, -0.25) is 0 Å². The molecule has 2 atom stereocenters. The molecule has 4 heteroatoms. The fraction of sp³-hybridized carbons (Fsp3) is 0.643. The van der Waals surface area contributed by atoms with Crippen molar-refractivity contribution in [3.63, 3.8) is 0 Å². The lowest BCUT2D eigenvalue weighted by Crippen LogP contribution is -2.27. The molecule has 2 unspecified atom stereocenters. The van der Waals surface area contributed by atoms with E-state index in [1.165, 1.54) is 4.88 Å². The second-order valence-corrected chi connectivity index (χ2v) is 7.04. The van der Waals surface area contributed by atoms with Gasteiger partial charge < -0.3 is 9.84 Å². The average molecular weight is 265 g/mol. The number of hydrogen-bond acceptors (Lipinski definition) is 4. The molecule has 0 aliphatic carbocycles. The highest BCUT2D eigenvalue weighted by molar-refractivity contribution is 7.12. The van der Waals surface area contributed by atoms with Gasteiger partial charge >= 0.3 is 0 Å². The molecule has 0 spiro atoms. The van der Waals surface area contributed by atoms with Crippen LogP contribution < -0.4 is 0 Å². The predicted octanol–water partition coefficient (Wildman–Crippen LogP) is 3.01. The van der Waals surface area contributed by atoms with Gasteiger partial charge in [0.1, 0.15) is 11.5 Å². The minimum atomic E-state index is -0.764. The van der Waals surface area contributed by atoms with Crippen LogP contribution >= 0.6 is 11.3 Å². The van der Waals surface area contributed by atoms with E-state index in [1.807, 2.05) is 12.1 Å². The van der Waals surface area contributed by atoms with E-state index in [0.717, 1.165) is 4.88 Å². The molecule has 18 heavy (non-hydrogen) atoms. The number of aliphatic hydroxyl groups is 1. The van der Waals surface area contributed by atoms with Crippen LogP contribution in [-0.2, 0) is 10.2 Å². The molecule has 98 valence electrons. The summed E-state index contributed by atoms with van der Waals surface area (Å²) in [5.41, 5.74) is -0.686. The molecule has 0 saturated carbocycles. The SMILES string of the molecule is CC(C)(C)c1ccc(C(O)C2(C#N)CCOC2)s1. The van der Waals surface area contributed by atoms with Gasteiger partial charge in [-0.1, -0.05) is 20.8 Å². The first-order chi connectivity index (χ1) is 8.39. The summed E-state index contributed by atoms with van der Waals surface area (Å²) in [6.07, 6.45) is -0.140. The van der Waals surface area contributed by atoms with E-state index in [1.54, 1.807) is 11.3 Å². The number of ether oxygens (including phenoxy) is 1. The van der Waals surface area contributed by atoms with E-state index in [0.29, 0.717) is 19.6 Å². The maximum atomic E-state index is 10.5. The van der Waals surface area contributed by atoms with Crippen molar-refractivity contribution in [2.45, 2.75) is 38.7 Å². The van der Waals surface area contributed by atoms with E-state index in [9.17, 15) is 10.4 Å². The molecule has 0 radical (unpaired) electrons. The smallest absolute Gasteiger partial charge is 0.113 e. The molecule has 1 aliphatic rings. The summed E-state index contributed by atoms with van der Waals surface area (Å²) in [7, 11) is 0. The topological polar surface area (TPSA) is 53.2 Å². The Morgan fingerprint density at radius 3 is 2.67 bits per heavy atom. The lowest BCUT2D eigenvalue weighted by atomic mass is 9.82. The van der Waals surface area contributed by atoms with E-state index in [2.05, 4.69) is 26.8 Å². The first kappa shape index (κ1) is 13.5. The van der Waals surface area contributed by atoms with Crippen molar-refractivity contribution in [1.29, 1.82) is 5.26 Å². The van der Waals surface area contributed by atoms with Crippen LogP contribution in [0.25, 0.3) is 0 Å². The Kier molecular flexibility index (Phi) is 3.50. The van der Waals surface area contributed by atoms with E-state index in [4.69, 9.17) is 4.74 Å². The summed E-state index contributed by atoms with van der Waals surface area (Å²) >= 11 is 1.59. The predicted molar refractivity (Wildman–Crippen MR) is 71.5 cm³/mol. The van der Waals surface area contributed by atoms with Crippen LogP contribution in [0.5, 0.6) is 0 Å². The van der Waals surface area contributed by atoms with E-state index in [-0.39, 0.29) is 5.41 Å². The first-order valence-corrected chi connectivity index (χ1v) is 6.98. The standard InChI is InChI=1S/C14H19NO2S/c1-13(2,3)11-5-4-10(18-11)12(16)14(8-15)6-7-17-9-14/h4-5,12,16H,6-7,9H2,1-3H3. The molecule has 1 aliphatic heterocycles. The zero-order valence-corrected chi connectivity index (χ0v) is 11.9. The monoisotopic (exact) mass is 265 g/mol. The minimum Gasteiger partial charge on any atom is -0.386 e. The van der Waals surface area contributed by atoms with Gasteiger partial charge in [-0.25, -0.2) is 0 Å². The molecule has 1 N–H and O–H groups in total. The maximum absolute atomic E-state index is 10.5. The van der Waals surface area contributed by atoms with Crippen molar-refractivity contribution in [1.82, 2.24) is 0 Å². The molecular formula is C14H19NO2S. The van der Waals surface area contributed by atoms with Gasteiger partial charge in [-0.15, -0.1) is 11.3 Å². The van der Waals surface area contributed by atoms with E-state index >= 15 is 0 Å². The zero-order valence-electron chi connectivity index (χ0n) is 11.1. The van der Waals surface area contributed by atoms with Crippen LogP contribution in [0.2, 0.25) is 0 Å². The van der Waals surface area contributed by atoms with Crippen LogP contribution in [0.4, 0.5) is 0 Å². The van der Waals surface area contributed by atoms with Crippen LogP contribution in [0.3, 0.4) is 0 Å². The van der Waals surface area contributed by atoms with Gasteiger partial charge in [0.2, 0.25) is 0 Å². The number of rotatable bonds is 2. The Bertz CT molecular complexity index is 461. The van der Waals surface area contributed by atoms with Gasteiger partial charge in [0, 0.05) is 16.4 Å². The Morgan fingerprint density at radius 2 is 2.22 bits per heavy atom. The lowest BCUT2D eigenvalue weighted by molar-refractivity contribution is 0.0530. The molecule has 2 rings (SSSR count). The molecule has 1 fully saturated rings. The van der Waals surface area contributed by atoms with Crippen molar-refractivity contribution in [2.75, 3.05) is 13.2 Å². The van der Waals surface area contributed by atoms with Crippen LogP contribution in [0, 0.1) is 16.7 Å². The third-order valence-electron chi connectivity index (χ3n) is 3.43. The lowest BCUT2D eigenvalue weighted by Gasteiger charge is -2.24.